The summed E-state index contributed by atoms with van der Waals surface area (Å²) in [6.07, 6.45) is 0.505. The first-order valence-corrected chi connectivity index (χ1v) is 9.83. The molecule has 0 aromatic heterocycles. The number of aryl methyl sites for hydroxylation is 1. The molecule has 1 amide bonds. The molecule has 0 saturated heterocycles. The Morgan fingerprint density at radius 1 is 1.31 bits per heavy atom. The zero-order valence-electron chi connectivity index (χ0n) is 14.0. The molecule has 4 nitrogen and oxygen atoms in total. The van der Waals surface area contributed by atoms with Gasteiger partial charge in [-0.1, -0.05) is 41.1 Å². The lowest BCUT2D eigenvalue weighted by Crippen LogP contribution is -2.41. The van der Waals surface area contributed by atoms with E-state index in [1.165, 1.54) is 22.7 Å². The fraction of sp³-hybridized carbons (Fsp3) is 0.263. The van der Waals surface area contributed by atoms with Crippen LogP contribution in [0.2, 0.25) is 0 Å². The molecule has 136 valence electrons. The summed E-state index contributed by atoms with van der Waals surface area (Å²) in [5.41, 5.74) is 2.15. The summed E-state index contributed by atoms with van der Waals surface area (Å²) in [7, 11) is 0. The predicted octanol–water partition coefficient (Wildman–Crippen LogP) is 4.63. The molecule has 1 atom stereocenters. The number of amides is 1. The summed E-state index contributed by atoms with van der Waals surface area (Å²) in [6.45, 7) is 2.08. The SMILES string of the molecule is CCc1cccc2c1SC(CC(=O)O)C(=O)N2Cc1ccc(Br)cc1F. The molecule has 0 aliphatic carbocycles. The van der Waals surface area contributed by atoms with Gasteiger partial charge in [0.05, 0.1) is 23.9 Å². The summed E-state index contributed by atoms with van der Waals surface area (Å²) in [5.74, 6) is -1.74. The molecule has 1 unspecified atom stereocenters. The molecular weight excluding hydrogens is 421 g/mol. The van der Waals surface area contributed by atoms with Gasteiger partial charge >= 0.3 is 5.97 Å². The highest BCUT2D eigenvalue weighted by atomic mass is 79.9. The number of aliphatic carboxylic acids is 1. The highest BCUT2D eigenvalue weighted by molar-refractivity contribution is 9.10. The second-order valence-electron chi connectivity index (χ2n) is 5.98. The molecule has 26 heavy (non-hydrogen) atoms. The minimum Gasteiger partial charge on any atom is -0.481 e. The average molecular weight is 438 g/mol. The smallest absolute Gasteiger partial charge is 0.305 e. The maximum atomic E-state index is 14.3. The van der Waals surface area contributed by atoms with Gasteiger partial charge in [-0.2, -0.15) is 0 Å². The van der Waals surface area contributed by atoms with Crippen LogP contribution in [0.25, 0.3) is 0 Å². The first kappa shape index (κ1) is 18.9. The molecule has 1 N–H and O–H groups in total. The second kappa shape index (κ2) is 7.80. The van der Waals surface area contributed by atoms with E-state index in [0.29, 0.717) is 15.7 Å². The summed E-state index contributed by atoms with van der Waals surface area (Å²) in [5, 5.41) is 8.44. The zero-order valence-corrected chi connectivity index (χ0v) is 16.4. The Labute approximate surface area is 163 Å². The third kappa shape index (κ3) is 3.78. The monoisotopic (exact) mass is 437 g/mol. The van der Waals surface area contributed by atoms with Gasteiger partial charge in [0.15, 0.2) is 0 Å². The van der Waals surface area contributed by atoms with Crippen molar-refractivity contribution in [2.45, 2.75) is 36.5 Å². The number of rotatable bonds is 5. The Morgan fingerprint density at radius 2 is 2.08 bits per heavy atom. The van der Waals surface area contributed by atoms with Crippen LogP contribution >= 0.6 is 27.7 Å². The van der Waals surface area contributed by atoms with E-state index in [4.69, 9.17) is 5.11 Å². The van der Waals surface area contributed by atoms with Crippen LogP contribution in [0.15, 0.2) is 45.8 Å². The van der Waals surface area contributed by atoms with Crippen molar-refractivity contribution in [2.24, 2.45) is 0 Å². The maximum absolute atomic E-state index is 14.3. The Morgan fingerprint density at radius 3 is 2.73 bits per heavy atom. The van der Waals surface area contributed by atoms with Gasteiger partial charge < -0.3 is 10.0 Å². The van der Waals surface area contributed by atoms with Gasteiger partial charge in [-0.05, 0) is 30.2 Å². The molecule has 1 aliphatic heterocycles. The van der Waals surface area contributed by atoms with Crippen LogP contribution < -0.4 is 4.90 Å². The van der Waals surface area contributed by atoms with E-state index in [1.54, 1.807) is 12.1 Å². The number of fused-ring (bicyclic) bond motifs is 1. The molecule has 3 rings (SSSR count). The molecular formula is C19H17BrFNO3S. The molecule has 0 radical (unpaired) electrons. The van der Waals surface area contributed by atoms with E-state index in [9.17, 15) is 14.0 Å². The van der Waals surface area contributed by atoms with Gasteiger partial charge in [-0.3, -0.25) is 9.59 Å². The number of carboxylic acid groups (broad SMARTS) is 1. The third-order valence-corrected chi connectivity index (χ3v) is 6.11. The lowest BCUT2D eigenvalue weighted by molar-refractivity contribution is -0.138. The van der Waals surface area contributed by atoms with Crippen molar-refractivity contribution in [3.8, 4) is 0 Å². The molecule has 1 aliphatic rings. The standard InChI is InChI=1S/C19H17BrFNO3S/c1-2-11-4-3-5-15-18(11)26-16(9-17(23)24)19(25)22(15)10-12-6-7-13(20)8-14(12)21/h3-8,16H,2,9-10H2,1H3,(H,23,24). The fourth-order valence-corrected chi connectivity index (χ4v) is 4.69. The van der Waals surface area contributed by atoms with Gasteiger partial charge in [-0.15, -0.1) is 11.8 Å². The lowest BCUT2D eigenvalue weighted by Gasteiger charge is -2.34. The number of nitrogens with zero attached hydrogens (tertiary/aromatic N) is 1. The quantitative estimate of drug-likeness (QED) is 0.740. The zero-order chi connectivity index (χ0) is 18.8. The number of carbonyl (C=O) groups is 2. The number of carbonyl (C=O) groups excluding carboxylic acids is 1. The summed E-state index contributed by atoms with van der Waals surface area (Å²) in [6, 6.07) is 10.4. The van der Waals surface area contributed by atoms with Gasteiger partial charge in [0.2, 0.25) is 5.91 Å². The largest absolute Gasteiger partial charge is 0.481 e. The van der Waals surface area contributed by atoms with E-state index in [0.717, 1.165) is 16.9 Å². The van der Waals surface area contributed by atoms with Crippen molar-refractivity contribution in [2.75, 3.05) is 4.90 Å². The average Bonchev–Trinajstić information content (AvgIpc) is 2.59. The van der Waals surface area contributed by atoms with E-state index in [-0.39, 0.29) is 18.9 Å². The predicted molar refractivity (Wildman–Crippen MR) is 103 cm³/mol. The van der Waals surface area contributed by atoms with Gasteiger partial charge in [-0.25, -0.2) is 4.39 Å². The van der Waals surface area contributed by atoms with E-state index in [2.05, 4.69) is 15.9 Å². The number of benzene rings is 2. The van der Waals surface area contributed by atoms with Crippen LogP contribution in [0.1, 0.15) is 24.5 Å². The van der Waals surface area contributed by atoms with E-state index in [1.807, 2.05) is 25.1 Å². The Bertz CT molecular complexity index is 874. The first-order chi connectivity index (χ1) is 12.4. The summed E-state index contributed by atoms with van der Waals surface area (Å²) in [4.78, 5) is 26.5. The first-order valence-electron chi connectivity index (χ1n) is 8.16. The van der Waals surface area contributed by atoms with E-state index >= 15 is 0 Å². The number of hydrogen-bond donors (Lipinski definition) is 1. The molecule has 7 heteroatoms. The number of hydrogen-bond acceptors (Lipinski definition) is 3. The number of thioether (sulfide) groups is 1. The molecule has 0 fully saturated rings. The van der Waals surface area contributed by atoms with Gasteiger partial charge in [0, 0.05) is 14.9 Å². The highest BCUT2D eigenvalue weighted by Gasteiger charge is 2.36. The molecule has 0 bridgehead atoms. The second-order valence-corrected chi connectivity index (χ2v) is 8.11. The maximum Gasteiger partial charge on any atom is 0.305 e. The number of carboxylic acids is 1. The minimum atomic E-state index is -1.02. The van der Waals surface area contributed by atoms with Crippen molar-refractivity contribution in [1.29, 1.82) is 0 Å². The Hall–Kier alpha value is -1.86. The lowest BCUT2D eigenvalue weighted by atomic mass is 10.1. The van der Waals surface area contributed by atoms with Crippen molar-refractivity contribution >= 4 is 45.3 Å². The number of anilines is 1. The van der Waals surface area contributed by atoms with Crippen LogP contribution in [0, 0.1) is 5.82 Å². The van der Waals surface area contributed by atoms with Crippen LogP contribution in [0.3, 0.4) is 0 Å². The fourth-order valence-electron chi connectivity index (χ4n) is 2.95. The van der Waals surface area contributed by atoms with Crippen molar-refractivity contribution < 1.29 is 19.1 Å². The summed E-state index contributed by atoms with van der Waals surface area (Å²) < 4.78 is 14.9. The van der Waals surface area contributed by atoms with Crippen LogP contribution in [-0.4, -0.2) is 22.2 Å². The molecule has 2 aromatic carbocycles. The summed E-state index contributed by atoms with van der Waals surface area (Å²) >= 11 is 4.52. The van der Waals surface area contributed by atoms with Gasteiger partial charge in [0.25, 0.3) is 0 Å². The van der Waals surface area contributed by atoms with Gasteiger partial charge in [0.1, 0.15) is 5.82 Å². The molecule has 2 aromatic rings. The molecule has 1 heterocycles. The third-order valence-electron chi connectivity index (χ3n) is 4.25. The Kier molecular flexibility index (Phi) is 5.67. The van der Waals surface area contributed by atoms with Crippen LogP contribution in [-0.2, 0) is 22.6 Å². The number of halogens is 2. The van der Waals surface area contributed by atoms with Crippen molar-refractivity contribution in [3.05, 3.63) is 57.8 Å². The van der Waals surface area contributed by atoms with E-state index < -0.39 is 17.0 Å². The topological polar surface area (TPSA) is 57.6 Å². The van der Waals surface area contributed by atoms with Crippen LogP contribution in [0.4, 0.5) is 10.1 Å². The van der Waals surface area contributed by atoms with Crippen molar-refractivity contribution in [1.82, 2.24) is 0 Å². The molecule has 0 spiro atoms. The normalized spacial score (nSPS) is 16.5. The molecule has 0 saturated carbocycles. The highest BCUT2D eigenvalue weighted by Crippen LogP contribution is 2.43. The van der Waals surface area contributed by atoms with Crippen molar-refractivity contribution in [3.63, 3.8) is 0 Å². The minimum absolute atomic E-state index is 0.0643. The van der Waals surface area contributed by atoms with Crippen LogP contribution in [0.5, 0.6) is 0 Å². The Balaban J connectivity index is 2.04.